The largest absolute Gasteiger partial charge is 0.481 e. The van der Waals surface area contributed by atoms with Gasteiger partial charge in [0.1, 0.15) is 5.82 Å². The van der Waals surface area contributed by atoms with Gasteiger partial charge < -0.3 is 10.4 Å². The minimum atomic E-state index is -0.926. The van der Waals surface area contributed by atoms with Gasteiger partial charge in [-0.3, -0.25) is 9.59 Å². The van der Waals surface area contributed by atoms with Crippen molar-refractivity contribution in [2.45, 2.75) is 5.03 Å². The number of thioether (sulfide) groups is 1. The Bertz CT molecular complexity index is 662. The van der Waals surface area contributed by atoms with Gasteiger partial charge in [0.25, 0.3) is 5.91 Å². The third kappa shape index (κ3) is 4.57. The van der Waals surface area contributed by atoms with Crippen LogP contribution < -0.4 is 5.32 Å². The van der Waals surface area contributed by atoms with E-state index in [0.29, 0.717) is 10.7 Å². The van der Waals surface area contributed by atoms with Crippen LogP contribution in [0, 0.1) is 5.82 Å². The number of hydrogen-bond acceptors (Lipinski definition) is 4. The Morgan fingerprint density at radius 3 is 2.71 bits per heavy atom. The third-order valence-electron chi connectivity index (χ3n) is 2.42. The summed E-state index contributed by atoms with van der Waals surface area (Å²) in [6.45, 7) is 0. The standard InChI is InChI=1S/C14H11FN2O3S/c15-10-3-1-2-9(6-10)14(20)17-11-4-5-12(16-7-11)21-8-13(18)19/h1-7H,8H2,(H,17,20)(H,18,19). The first kappa shape index (κ1) is 15.0. The van der Waals surface area contributed by atoms with E-state index in [1.165, 1.54) is 24.4 Å². The van der Waals surface area contributed by atoms with Crippen LogP contribution in [0.4, 0.5) is 10.1 Å². The molecule has 108 valence electrons. The topological polar surface area (TPSA) is 79.3 Å². The second-order valence-corrected chi connectivity index (χ2v) is 5.03. The van der Waals surface area contributed by atoms with Crippen molar-refractivity contribution < 1.29 is 19.1 Å². The van der Waals surface area contributed by atoms with Gasteiger partial charge in [-0.1, -0.05) is 17.8 Å². The molecule has 1 amide bonds. The van der Waals surface area contributed by atoms with Gasteiger partial charge in [-0.25, -0.2) is 9.37 Å². The lowest BCUT2D eigenvalue weighted by Gasteiger charge is -2.05. The van der Waals surface area contributed by atoms with E-state index in [9.17, 15) is 14.0 Å². The van der Waals surface area contributed by atoms with Crippen LogP contribution in [0.25, 0.3) is 0 Å². The number of hydrogen-bond donors (Lipinski definition) is 2. The number of carboxylic acid groups (broad SMARTS) is 1. The average Bonchev–Trinajstić information content (AvgIpc) is 2.46. The molecule has 2 rings (SSSR count). The summed E-state index contributed by atoms with van der Waals surface area (Å²) < 4.78 is 13.0. The van der Waals surface area contributed by atoms with Crippen LogP contribution >= 0.6 is 11.8 Å². The molecule has 0 atom stereocenters. The van der Waals surface area contributed by atoms with Crippen molar-refractivity contribution in [2.75, 3.05) is 11.1 Å². The first-order valence-electron chi connectivity index (χ1n) is 5.92. The van der Waals surface area contributed by atoms with Crippen LogP contribution in [0.15, 0.2) is 47.6 Å². The van der Waals surface area contributed by atoms with Gasteiger partial charge in [0, 0.05) is 5.56 Å². The summed E-state index contributed by atoms with van der Waals surface area (Å²) in [6, 6.07) is 8.56. The van der Waals surface area contributed by atoms with Crippen molar-refractivity contribution in [3.63, 3.8) is 0 Å². The molecule has 0 bridgehead atoms. The summed E-state index contributed by atoms with van der Waals surface area (Å²) >= 11 is 1.08. The van der Waals surface area contributed by atoms with Gasteiger partial charge in [0.15, 0.2) is 0 Å². The Hall–Kier alpha value is -2.41. The number of amides is 1. The molecule has 0 saturated carbocycles. The van der Waals surface area contributed by atoms with Crippen LogP contribution in [-0.4, -0.2) is 27.7 Å². The zero-order valence-corrected chi connectivity index (χ0v) is 11.6. The van der Waals surface area contributed by atoms with Crippen molar-refractivity contribution in [3.05, 3.63) is 54.0 Å². The molecule has 0 saturated heterocycles. The van der Waals surface area contributed by atoms with Crippen LogP contribution in [0.5, 0.6) is 0 Å². The second-order valence-electron chi connectivity index (χ2n) is 4.03. The highest BCUT2D eigenvalue weighted by molar-refractivity contribution is 7.99. The summed E-state index contributed by atoms with van der Waals surface area (Å²) in [5.74, 6) is -1.93. The molecule has 0 radical (unpaired) electrons. The van der Waals surface area contributed by atoms with Crippen LogP contribution in [0.1, 0.15) is 10.4 Å². The summed E-state index contributed by atoms with van der Waals surface area (Å²) in [5, 5.41) is 11.7. The monoisotopic (exact) mass is 306 g/mol. The van der Waals surface area contributed by atoms with Crippen molar-refractivity contribution in [3.8, 4) is 0 Å². The average molecular weight is 306 g/mol. The molecule has 0 aliphatic heterocycles. The Balaban J connectivity index is 2.00. The van der Waals surface area contributed by atoms with E-state index in [2.05, 4.69) is 10.3 Å². The number of nitrogens with one attached hydrogen (secondary N) is 1. The molecule has 0 spiro atoms. The van der Waals surface area contributed by atoms with E-state index < -0.39 is 17.7 Å². The molecule has 0 fully saturated rings. The Morgan fingerprint density at radius 1 is 1.29 bits per heavy atom. The van der Waals surface area contributed by atoms with Crippen LogP contribution in [0.2, 0.25) is 0 Å². The fourth-order valence-electron chi connectivity index (χ4n) is 1.51. The number of pyridine rings is 1. The van der Waals surface area contributed by atoms with Gasteiger partial charge in [-0.15, -0.1) is 0 Å². The fourth-order valence-corrected chi connectivity index (χ4v) is 2.07. The molecule has 0 aliphatic carbocycles. The number of nitrogens with zero attached hydrogens (tertiary/aromatic N) is 1. The molecule has 7 heteroatoms. The van der Waals surface area contributed by atoms with E-state index in [4.69, 9.17) is 5.11 Å². The Labute approximate surface area is 124 Å². The molecular formula is C14H11FN2O3S. The fraction of sp³-hybridized carbons (Fsp3) is 0.0714. The maximum atomic E-state index is 13.0. The first-order chi connectivity index (χ1) is 10.0. The predicted molar refractivity (Wildman–Crippen MR) is 77.0 cm³/mol. The highest BCUT2D eigenvalue weighted by Crippen LogP contribution is 2.17. The molecule has 2 aromatic rings. The number of carbonyl (C=O) groups excluding carboxylic acids is 1. The van der Waals surface area contributed by atoms with Crippen molar-refractivity contribution in [1.29, 1.82) is 0 Å². The molecule has 1 aromatic carbocycles. The number of benzene rings is 1. The van der Waals surface area contributed by atoms with Crippen LogP contribution in [0.3, 0.4) is 0 Å². The van der Waals surface area contributed by atoms with Gasteiger partial charge in [-0.2, -0.15) is 0 Å². The molecule has 21 heavy (non-hydrogen) atoms. The lowest BCUT2D eigenvalue weighted by atomic mass is 10.2. The molecule has 0 aliphatic rings. The van der Waals surface area contributed by atoms with Gasteiger partial charge in [0.05, 0.1) is 22.7 Å². The summed E-state index contributed by atoms with van der Waals surface area (Å²) in [7, 11) is 0. The molecule has 1 heterocycles. The summed E-state index contributed by atoms with van der Waals surface area (Å²) in [5.41, 5.74) is 0.656. The highest BCUT2D eigenvalue weighted by Gasteiger charge is 2.07. The van der Waals surface area contributed by atoms with Gasteiger partial charge in [0.2, 0.25) is 0 Å². The first-order valence-corrected chi connectivity index (χ1v) is 6.91. The molecule has 5 nitrogen and oxygen atoms in total. The smallest absolute Gasteiger partial charge is 0.313 e. The molecular weight excluding hydrogens is 295 g/mol. The number of halogens is 1. The van der Waals surface area contributed by atoms with Gasteiger partial charge >= 0.3 is 5.97 Å². The Morgan fingerprint density at radius 2 is 2.10 bits per heavy atom. The normalized spacial score (nSPS) is 10.1. The van der Waals surface area contributed by atoms with E-state index in [1.54, 1.807) is 12.1 Å². The zero-order chi connectivity index (χ0) is 15.2. The number of rotatable bonds is 5. The van der Waals surface area contributed by atoms with Crippen molar-refractivity contribution in [2.24, 2.45) is 0 Å². The Kier molecular flexibility index (Phi) is 4.89. The number of carboxylic acids is 1. The summed E-state index contributed by atoms with van der Waals surface area (Å²) in [6.07, 6.45) is 1.42. The lowest BCUT2D eigenvalue weighted by molar-refractivity contribution is -0.133. The maximum absolute atomic E-state index is 13.0. The molecule has 0 unspecified atom stereocenters. The van der Waals surface area contributed by atoms with Crippen molar-refractivity contribution >= 4 is 29.3 Å². The number of aliphatic carboxylic acids is 1. The van der Waals surface area contributed by atoms with Crippen molar-refractivity contribution in [1.82, 2.24) is 4.98 Å². The number of aromatic nitrogens is 1. The van der Waals surface area contributed by atoms with E-state index in [-0.39, 0.29) is 11.3 Å². The van der Waals surface area contributed by atoms with E-state index >= 15 is 0 Å². The second kappa shape index (κ2) is 6.85. The SMILES string of the molecule is O=C(O)CSc1ccc(NC(=O)c2cccc(F)c2)cn1. The van der Waals surface area contributed by atoms with E-state index in [0.717, 1.165) is 17.8 Å². The van der Waals surface area contributed by atoms with E-state index in [1.807, 2.05) is 0 Å². The minimum Gasteiger partial charge on any atom is -0.481 e. The van der Waals surface area contributed by atoms with Gasteiger partial charge in [-0.05, 0) is 30.3 Å². The van der Waals surface area contributed by atoms with Crippen LogP contribution in [-0.2, 0) is 4.79 Å². The summed E-state index contributed by atoms with van der Waals surface area (Å²) in [4.78, 5) is 26.3. The lowest BCUT2D eigenvalue weighted by Crippen LogP contribution is -2.12. The quantitative estimate of drug-likeness (QED) is 0.830. The number of carbonyl (C=O) groups is 2. The predicted octanol–water partition coefficient (Wildman–Crippen LogP) is 2.65. The zero-order valence-electron chi connectivity index (χ0n) is 10.7. The third-order valence-corrected chi connectivity index (χ3v) is 3.35. The molecule has 1 aromatic heterocycles. The maximum Gasteiger partial charge on any atom is 0.313 e. The number of anilines is 1. The highest BCUT2D eigenvalue weighted by atomic mass is 32.2. The minimum absolute atomic E-state index is 0.0814. The molecule has 2 N–H and O–H groups in total.